The number of hydrogen-bond donors (Lipinski definition) is 1. The van der Waals surface area contributed by atoms with Gasteiger partial charge in [0.25, 0.3) is 0 Å². The quantitative estimate of drug-likeness (QED) is 0.918. The van der Waals surface area contributed by atoms with Crippen LogP contribution in [0.2, 0.25) is 5.02 Å². The maximum atomic E-state index is 6.02. The van der Waals surface area contributed by atoms with Gasteiger partial charge in [0.1, 0.15) is 0 Å². The van der Waals surface area contributed by atoms with Gasteiger partial charge in [0, 0.05) is 29.5 Å². The minimum atomic E-state index is 0.175. The molecule has 0 fully saturated rings. The average Bonchev–Trinajstić information content (AvgIpc) is 2.78. The summed E-state index contributed by atoms with van der Waals surface area (Å²) >= 11 is 7.70. The first-order valence-corrected chi connectivity index (χ1v) is 7.84. The van der Waals surface area contributed by atoms with E-state index in [1.54, 1.807) is 11.3 Å². The minimum Gasteiger partial charge on any atom is -0.329 e. The van der Waals surface area contributed by atoms with E-state index in [0.717, 1.165) is 22.3 Å². The summed E-state index contributed by atoms with van der Waals surface area (Å²) in [4.78, 5) is 6.75. The molecule has 1 aromatic carbocycles. The zero-order valence-electron chi connectivity index (χ0n) is 12.1. The molecule has 0 spiro atoms. The Hall–Kier alpha value is -0.940. The molecule has 0 bridgehead atoms. The van der Waals surface area contributed by atoms with E-state index in [2.05, 4.69) is 35.3 Å². The molecule has 1 aromatic heterocycles. The highest BCUT2D eigenvalue weighted by molar-refractivity contribution is 7.09. The van der Waals surface area contributed by atoms with Crippen LogP contribution < -0.4 is 5.73 Å². The minimum absolute atomic E-state index is 0.175. The Kier molecular flexibility index (Phi) is 5.16. The zero-order valence-corrected chi connectivity index (χ0v) is 13.6. The summed E-state index contributed by atoms with van der Waals surface area (Å²) in [5.41, 5.74) is 9.48. The molecular weight excluding hydrogens is 290 g/mol. The number of aryl methyl sites for hydroxylation is 2. The first-order chi connectivity index (χ1) is 9.51. The van der Waals surface area contributed by atoms with Crippen molar-refractivity contribution in [3.05, 3.63) is 50.4 Å². The van der Waals surface area contributed by atoms with Gasteiger partial charge in [0.05, 0.1) is 10.7 Å². The molecule has 108 valence electrons. The second kappa shape index (κ2) is 6.68. The van der Waals surface area contributed by atoms with Crippen molar-refractivity contribution in [1.29, 1.82) is 0 Å². The fourth-order valence-electron chi connectivity index (χ4n) is 2.40. The van der Waals surface area contributed by atoms with Crippen LogP contribution in [0.5, 0.6) is 0 Å². The molecule has 0 amide bonds. The van der Waals surface area contributed by atoms with Crippen LogP contribution in [0.4, 0.5) is 0 Å². The topological polar surface area (TPSA) is 42.2 Å². The third-order valence-electron chi connectivity index (χ3n) is 3.42. The molecule has 3 nitrogen and oxygen atoms in total. The summed E-state index contributed by atoms with van der Waals surface area (Å²) in [7, 11) is 2.08. The number of aromatic nitrogens is 1. The number of halogens is 1. The molecule has 5 heteroatoms. The lowest BCUT2D eigenvalue weighted by atomic mass is 10.00. The van der Waals surface area contributed by atoms with Crippen LogP contribution in [-0.4, -0.2) is 23.5 Å². The second-order valence-corrected chi connectivity index (χ2v) is 6.52. The number of nitrogens with two attached hydrogens (primary N) is 1. The Morgan fingerprint density at radius 1 is 1.40 bits per heavy atom. The first-order valence-electron chi connectivity index (χ1n) is 6.58. The van der Waals surface area contributed by atoms with Crippen molar-refractivity contribution in [2.24, 2.45) is 5.73 Å². The van der Waals surface area contributed by atoms with Gasteiger partial charge >= 0.3 is 0 Å². The lowest BCUT2D eigenvalue weighted by molar-refractivity contribution is 0.238. The molecular formula is C15H20ClN3S. The van der Waals surface area contributed by atoms with Crippen molar-refractivity contribution in [3.63, 3.8) is 0 Å². The normalized spacial score (nSPS) is 12.9. The highest BCUT2D eigenvalue weighted by Gasteiger charge is 2.18. The van der Waals surface area contributed by atoms with Crippen LogP contribution in [0.15, 0.2) is 23.6 Å². The molecule has 2 rings (SSSR count). The van der Waals surface area contributed by atoms with Gasteiger partial charge in [-0.25, -0.2) is 4.98 Å². The van der Waals surface area contributed by atoms with E-state index in [-0.39, 0.29) is 6.04 Å². The highest BCUT2D eigenvalue weighted by Crippen LogP contribution is 2.26. The summed E-state index contributed by atoms with van der Waals surface area (Å²) in [6, 6.07) is 6.15. The summed E-state index contributed by atoms with van der Waals surface area (Å²) in [6.45, 7) is 5.47. The van der Waals surface area contributed by atoms with Crippen molar-refractivity contribution in [3.8, 4) is 0 Å². The molecule has 0 saturated carbocycles. The lowest BCUT2D eigenvalue weighted by Crippen LogP contribution is -2.30. The van der Waals surface area contributed by atoms with Crippen LogP contribution >= 0.6 is 22.9 Å². The third-order valence-corrected chi connectivity index (χ3v) is 4.48. The SMILES string of the molecule is Cc1nc(CN(C)C(CN)c2ccc(Cl)cc2C)cs1. The molecule has 0 aliphatic carbocycles. The van der Waals surface area contributed by atoms with Gasteiger partial charge < -0.3 is 5.73 Å². The van der Waals surface area contributed by atoms with Crippen molar-refractivity contribution in [1.82, 2.24) is 9.88 Å². The van der Waals surface area contributed by atoms with Gasteiger partial charge in [0.15, 0.2) is 0 Å². The maximum absolute atomic E-state index is 6.02. The van der Waals surface area contributed by atoms with Crippen LogP contribution in [0.25, 0.3) is 0 Å². The van der Waals surface area contributed by atoms with Gasteiger partial charge in [-0.2, -0.15) is 0 Å². The van der Waals surface area contributed by atoms with E-state index in [1.165, 1.54) is 11.1 Å². The Morgan fingerprint density at radius 3 is 2.70 bits per heavy atom. The van der Waals surface area contributed by atoms with Crippen LogP contribution in [0.1, 0.15) is 27.9 Å². The van der Waals surface area contributed by atoms with Gasteiger partial charge in [-0.15, -0.1) is 11.3 Å². The molecule has 2 N–H and O–H groups in total. The standard InChI is InChI=1S/C15H20ClN3S/c1-10-6-12(16)4-5-14(10)15(7-17)19(3)8-13-9-20-11(2)18-13/h4-6,9,15H,7-8,17H2,1-3H3. The van der Waals surface area contributed by atoms with E-state index in [4.69, 9.17) is 17.3 Å². The van der Waals surface area contributed by atoms with Crippen molar-refractivity contribution < 1.29 is 0 Å². The van der Waals surface area contributed by atoms with E-state index in [1.807, 2.05) is 19.1 Å². The third kappa shape index (κ3) is 3.58. The summed E-state index contributed by atoms with van der Waals surface area (Å²) in [5.74, 6) is 0. The molecule has 0 aliphatic rings. The van der Waals surface area contributed by atoms with E-state index >= 15 is 0 Å². The highest BCUT2D eigenvalue weighted by atomic mass is 35.5. The van der Waals surface area contributed by atoms with Gasteiger partial charge in [-0.1, -0.05) is 17.7 Å². The Morgan fingerprint density at radius 2 is 2.15 bits per heavy atom. The van der Waals surface area contributed by atoms with E-state index in [0.29, 0.717) is 6.54 Å². The Balaban J connectivity index is 2.18. The predicted octanol–water partition coefficient (Wildman–Crippen LogP) is 3.55. The smallest absolute Gasteiger partial charge is 0.0897 e. The zero-order chi connectivity index (χ0) is 14.7. The molecule has 0 radical (unpaired) electrons. The van der Waals surface area contributed by atoms with Gasteiger partial charge in [0.2, 0.25) is 0 Å². The number of thiazole rings is 1. The summed E-state index contributed by atoms with van der Waals surface area (Å²) < 4.78 is 0. The van der Waals surface area contributed by atoms with Crippen molar-refractivity contribution in [2.75, 3.05) is 13.6 Å². The molecule has 0 aliphatic heterocycles. The van der Waals surface area contributed by atoms with Crippen molar-refractivity contribution >= 4 is 22.9 Å². The number of likely N-dealkylation sites (N-methyl/N-ethyl adjacent to an activating group) is 1. The molecule has 20 heavy (non-hydrogen) atoms. The predicted molar refractivity (Wildman–Crippen MR) is 86.3 cm³/mol. The lowest BCUT2D eigenvalue weighted by Gasteiger charge is -2.28. The second-order valence-electron chi connectivity index (χ2n) is 5.03. The van der Waals surface area contributed by atoms with Gasteiger partial charge in [-0.3, -0.25) is 4.90 Å². The van der Waals surface area contributed by atoms with Crippen LogP contribution in [0, 0.1) is 13.8 Å². The van der Waals surface area contributed by atoms with E-state index in [9.17, 15) is 0 Å². The van der Waals surface area contributed by atoms with Gasteiger partial charge in [-0.05, 0) is 44.2 Å². The number of benzene rings is 1. The monoisotopic (exact) mass is 309 g/mol. The Bertz CT molecular complexity index is 582. The fraction of sp³-hybridized carbons (Fsp3) is 0.400. The maximum Gasteiger partial charge on any atom is 0.0897 e. The largest absolute Gasteiger partial charge is 0.329 e. The van der Waals surface area contributed by atoms with Crippen LogP contribution in [-0.2, 0) is 6.54 Å². The molecule has 1 heterocycles. The summed E-state index contributed by atoms with van der Waals surface area (Å²) in [6.07, 6.45) is 0. The van der Waals surface area contributed by atoms with Crippen LogP contribution in [0.3, 0.4) is 0 Å². The fourth-order valence-corrected chi connectivity index (χ4v) is 3.23. The number of hydrogen-bond acceptors (Lipinski definition) is 4. The summed E-state index contributed by atoms with van der Waals surface area (Å²) in [5, 5.41) is 3.97. The van der Waals surface area contributed by atoms with E-state index < -0.39 is 0 Å². The Labute approximate surface area is 129 Å². The molecule has 0 saturated heterocycles. The van der Waals surface area contributed by atoms with Crippen molar-refractivity contribution in [2.45, 2.75) is 26.4 Å². The number of rotatable bonds is 5. The molecule has 2 aromatic rings. The molecule has 1 unspecified atom stereocenters. The first kappa shape index (κ1) is 15.4. The number of nitrogens with zero attached hydrogens (tertiary/aromatic N) is 2. The average molecular weight is 310 g/mol. The molecule has 1 atom stereocenters.